The number of H-pyrrole nitrogens is 1. The van der Waals surface area contributed by atoms with Crippen molar-refractivity contribution >= 4 is 28.4 Å². The fourth-order valence-electron chi connectivity index (χ4n) is 2.09. The van der Waals surface area contributed by atoms with Crippen LogP contribution in [0, 0.1) is 0 Å². The van der Waals surface area contributed by atoms with Crippen molar-refractivity contribution in [3.63, 3.8) is 0 Å². The van der Waals surface area contributed by atoms with Gasteiger partial charge in [0.15, 0.2) is 0 Å². The van der Waals surface area contributed by atoms with Crippen LogP contribution in [0.2, 0.25) is 0 Å². The van der Waals surface area contributed by atoms with Crippen LogP contribution >= 0.6 is 11.8 Å². The van der Waals surface area contributed by atoms with E-state index in [4.69, 9.17) is 4.42 Å². The summed E-state index contributed by atoms with van der Waals surface area (Å²) in [6.45, 7) is 0.523. The summed E-state index contributed by atoms with van der Waals surface area (Å²) in [5, 5.41) is 4.39. The average Bonchev–Trinajstić information content (AvgIpc) is 3.11. The topological polar surface area (TPSA) is 41.0 Å². The molecule has 0 bridgehead atoms. The normalized spacial score (nSPS) is 11.4. The zero-order valence-corrected chi connectivity index (χ0v) is 11.9. The van der Waals surface area contributed by atoms with Crippen molar-refractivity contribution in [2.75, 3.05) is 5.32 Å². The summed E-state index contributed by atoms with van der Waals surface area (Å²) in [4.78, 5) is 3.14. The number of aromatic amines is 1. The van der Waals surface area contributed by atoms with Gasteiger partial charge >= 0.3 is 0 Å². The molecule has 0 aliphatic rings. The number of hydrogen-bond donors (Lipinski definition) is 2. The number of nitrogens with one attached hydrogen (secondary N) is 2. The summed E-state index contributed by atoms with van der Waals surface area (Å²) < 4.78 is 29.7. The van der Waals surface area contributed by atoms with Crippen molar-refractivity contribution in [3.05, 3.63) is 54.1 Å². The Morgan fingerprint density at radius 2 is 2.00 bits per heavy atom. The van der Waals surface area contributed by atoms with E-state index in [1.807, 2.05) is 36.5 Å². The number of halogens is 2. The molecule has 0 amide bonds. The van der Waals surface area contributed by atoms with Gasteiger partial charge in [-0.2, -0.15) is 8.78 Å². The summed E-state index contributed by atoms with van der Waals surface area (Å²) in [6, 6.07) is 11.6. The Morgan fingerprint density at radius 1 is 1.14 bits per heavy atom. The molecule has 0 aliphatic heterocycles. The maximum absolute atomic E-state index is 12.1. The molecular formula is C15H14F2N2OS. The highest BCUT2D eigenvalue weighted by molar-refractivity contribution is 7.98. The molecule has 3 rings (SSSR count). The Bertz CT molecular complexity index is 723. The molecule has 0 aliphatic carbocycles. The first-order valence-corrected chi connectivity index (χ1v) is 7.54. The number of anilines is 1. The number of hydrogen-bond acceptors (Lipinski definition) is 3. The molecule has 3 aromatic rings. The first-order valence-electron chi connectivity index (χ1n) is 6.49. The Kier molecular flexibility index (Phi) is 4.15. The molecular weight excluding hydrogens is 294 g/mol. The maximum Gasteiger partial charge on any atom is 0.284 e. The molecule has 2 aromatic heterocycles. The van der Waals surface area contributed by atoms with Crippen molar-refractivity contribution in [2.24, 2.45) is 0 Å². The molecule has 0 saturated carbocycles. The smallest absolute Gasteiger partial charge is 0.284 e. The lowest BCUT2D eigenvalue weighted by molar-refractivity contribution is 0.251. The van der Waals surface area contributed by atoms with E-state index in [-0.39, 0.29) is 5.75 Å². The molecule has 0 fully saturated rings. The van der Waals surface area contributed by atoms with Crippen molar-refractivity contribution in [2.45, 2.75) is 18.1 Å². The standard InChI is InChI=1S/C15H14F2N2OS/c16-15(17)21-9-13-3-2-12(20-13)8-19-11-1-4-14-10(7-11)5-6-18-14/h1-7,15,18-19H,8-9H2. The van der Waals surface area contributed by atoms with Crippen molar-refractivity contribution < 1.29 is 13.2 Å². The first kappa shape index (κ1) is 14.0. The van der Waals surface area contributed by atoms with Gasteiger partial charge in [-0.1, -0.05) is 11.8 Å². The van der Waals surface area contributed by atoms with E-state index >= 15 is 0 Å². The van der Waals surface area contributed by atoms with Gasteiger partial charge in [-0.3, -0.25) is 0 Å². The van der Waals surface area contributed by atoms with Crippen LogP contribution in [-0.4, -0.2) is 10.7 Å². The molecule has 6 heteroatoms. The summed E-state index contributed by atoms with van der Waals surface area (Å²) in [5.74, 6) is -0.885. The lowest BCUT2D eigenvalue weighted by Crippen LogP contribution is -1.97. The molecule has 0 atom stereocenters. The third-order valence-electron chi connectivity index (χ3n) is 3.09. The van der Waals surface area contributed by atoms with Gasteiger partial charge in [0, 0.05) is 22.8 Å². The fourth-order valence-corrected chi connectivity index (χ4v) is 2.54. The highest BCUT2D eigenvalue weighted by Gasteiger charge is 2.07. The molecule has 21 heavy (non-hydrogen) atoms. The second-order valence-electron chi connectivity index (χ2n) is 4.57. The predicted octanol–water partition coefficient (Wildman–Crippen LogP) is 4.83. The quantitative estimate of drug-likeness (QED) is 0.685. The SMILES string of the molecule is FC(F)SCc1ccc(CNc2ccc3[nH]ccc3c2)o1. The molecule has 1 aromatic carbocycles. The minimum atomic E-state index is -2.37. The molecule has 2 heterocycles. The second kappa shape index (κ2) is 6.22. The van der Waals surface area contributed by atoms with Crippen LogP contribution < -0.4 is 5.32 Å². The molecule has 0 spiro atoms. The van der Waals surface area contributed by atoms with Gasteiger partial charge in [-0.25, -0.2) is 0 Å². The van der Waals surface area contributed by atoms with Gasteiger partial charge in [0.2, 0.25) is 0 Å². The summed E-state index contributed by atoms with van der Waals surface area (Å²) in [7, 11) is 0. The molecule has 3 nitrogen and oxygen atoms in total. The van der Waals surface area contributed by atoms with E-state index in [2.05, 4.69) is 10.3 Å². The Hall–Kier alpha value is -1.95. The molecule has 110 valence electrons. The van der Waals surface area contributed by atoms with Crippen LogP contribution in [-0.2, 0) is 12.3 Å². The zero-order chi connectivity index (χ0) is 14.7. The van der Waals surface area contributed by atoms with E-state index in [0.29, 0.717) is 24.1 Å². The zero-order valence-electron chi connectivity index (χ0n) is 11.1. The van der Waals surface area contributed by atoms with Crippen molar-refractivity contribution in [1.82, 2.24) is 4.98 Å². The number of aromatic nitrogens is 1. The van der Waals surface area contributed by atoms with Crippen LogP contribution in [0.5, 0.6) is 0 Å². The number of thioether (sulfide) groups is 1. The van der Waals surface area contributed by atoms with Crippen molar-refractivity contribution in [3.8, 4) is 0 Å². The average molecular weight is 308 g/mol. The third kappa shape index (κ3) is 3.58. The van der Waals surface area contributed by atoms with Gasteiger partial charge in [0.1, 0.15) is 11.5 Å². The second-order valence-corrected chi connectivity index (χ2v) is 5.55. The summed E-state index contributed by atoms with van der Waals surface area (Å²) >= 11 is 0.564. The van der Waals surface area contributed by atoms with E-state index < -0.39 is 5.76 Å². The molecule has 0 radical (unpaired) electrons. The van der Waals surface area contributed by atoms with Crippen molar-refractivity contribution in [1.29, 1.82) is 0 Å². The number of fused-ring (bicyclic) bond motifs is 1. The third-order valence-corrected chi connectivity index (χ3v) is 3.79. The highest BCUT2D eigenvalue weighted by atomic mass is 32.2. The van der Waals surface area contributed by atoms with Gasteiger partial charge in [0.05, 0.1) is 12.3 Å². The first-order chi connectivity index (χ1) is 10.2. The Labute approximate surface area is 124 Å². The van der Waals surface area contributed by atoms with Crippen LogP contribution in [0.1, 0.15) is 11.5 Å². The highest BCUT2D eigenvalue weighted by Crippen LogP contribution is 2.22. The molecule has 0 unspecified atom stereocenters. The fraction of sp³-hybridized carbons (Fsp3) is 0.200. The van der Waals surface area contributed by atoms with Crippen LogP contribution in [0.4, 0.5) is 14.5 Å². The van der Waals surface area contributed by atoms with Crippen LogP contribution in [0.3, 0.4) is 0 Å². The van der Waals surface area contributed by atoms with Crippen LogP contribution in [0.15, 0.2) is 47.0 Å². The predicted molar refractivity (Wildman–Crippen MR) is 81.6 cm³/mol. The minimum absolute atomic E-state index is 0.187. The lowest BCUT2D eigenvalue weighted by atomic mass is 10.2. The number of alkyl halides is 2. The van der Waals surface area contributed by atoms with E-state index in [1.54, 1.807) is 6.07 Å². The summed E-state index contributed by atoms with van der Waals surface area (Å²) in [5.41, 5.74) is 2.08. The molecule has 2 N–H and O–H groups in total. The Morgan fingerprint density at radius 3 is 2.86 bits per heavy atom. The van der Waals surface area contributed by atoms with Gasteiger partial charge in [0.25, 0.3) is 5.76 Å². The van der Waals surface area contributed by atoms with Crippen LogP contribution in [0.25, 0.3) is 10.9 Å². The minimum Gasteiger partial charge on any atom is -0.463 e. The largest absolute Gasteiger partial charge is 0.463 e. The number of rotatable bonds is 6. The van der Waals surface area contributed by atoms with Gasteiger partial charge in [-0.15, -0.1) is 0 Å². The number of benzene rings is 1. The molecule has 0 saturated heterocycles. The summed E-state index contributed by atoms with van der Waals surface area (Å²) in [6.07, 6.45) is 1.90. The maximum atomic E-state index is 12.1. The lowest BCUT2D eigenvalue weighted by Gasteiger charge is -2.04. The van der Waals surface area contributed by atoms with Gasteiger partial charge in [-0.05, 0) is 36.4 Å². The number of furan rings is 1. The monoisotopic (exact) mass is 308 g/mol. The Balaban J connectivity index is 1.59. The van der Waals surface area contributed by atoms with Gasteiger partial charge < -0.3 is 14.7 Å². The van der Waals surface area contributed by atoms with E-state index in [1.165, 1.54) is 0 Å². The van der Waals surface area contributed by atoms with E-state index in [0.717, 1.165) is 22.4 Å². The van der Waals surface area contributed by atoms with E-state index in [9.17, 15) is 8.78 Å².